The Morgan fingerprint density at radius 3 is 3.06 bits per heavy atom. The van der Waals surface area contributed by atoms with Crippen LogP contribution in [0.3, 0.4) is 0 Å². The summed E-state index contributed by atoms with van der Waals surface area (Å²) in [6.45, 7) is 1.45. The highest BCUT2D eigenvalue weighted by Gasteiger charge is 2.06. The van der Waals surface area contributed by atoms with Crippen LogP contribution in [0.5, 0.6) is 0 Å². The molecule has 0 aliphatic rings. The molecule has 0 radical (unpaired) electrons. The van der Waals surface area contributed by atoms with Crippen LogP contribution in [0.25, 0.3) is 10.6 Å². The third kappa shape index (κ3) is 2.95. The zero-order chi connectivity index (χ0) is 11.4. The predicted octanol–water partition coefficient (Wildman–Crippen LogP) is 3.58. The molecular formula is C10H11ClN2OS2. The highest BCUT2D eigenvalue weighted by Crippen LogP contribution is 2.32. The van der Waals surface area contributed by atoms with Crippen LogP contribution < -0.4 is 5.32 Å². The standard InChI is InChI=1S/C10H11ClN2OS2/c1-14-5-4-12-10-13-7(6-15-10)8-2-3-9(11)16-8/h2-3,6H,4-5H2,1H3,(H,12,13). The van der Waals surface area contributed by atoms with Crippen LogP contribution in [0.2, 0.25) is 4.34 Å². The first-order valence-corrected chi connectivity index (χ1v) is 6.81. The van der Waals surface area contributed by atoms with Gasteiger partial charge in [0.2, 0.25) is 0 Å². The molecule has 0 atom stereocenters. The lowest BCUT2D eigenvalue weighted by Gasteiger charge is -1.99. The monoisotopic (exact) mass is 274 g/mol. The van der Waals surface area contributed by atoms with Crippen molar-refractivity contribution >= 4 is 39.4 Å². The van der Waals surface area contributed by atoms with Crippen LogP contribution >= 0.6 is 34.3 Å². The molecule has 1 N–H and O–H groups in total. The topological polar surface area (TPSA) is 34.1 Å². The van der Waals surface area contributed by atoms with E-state index in [1.165, 1.54) is 11.3 Å². The molecule has 0 saturated heterocycles. The molecule has 0 aliphatic carbocycles. The van der Waals surface area contributed by atoms with E-state index in [9.17, 15) is 0 Å². The molecule has 0 spiro atoms. The molecule has 16 heavy (non-hydrogen) atoms. The molecule has 6 heteroatoms. The number of halogens is 1. The Bertz CT molecular complexity index is 455. The molecule has 86 valence electrons. The number of ether oxygens (including phenoxy) is 1. The van der Waals surface area contributed by atoms with Gasteiger partial charge in [-0.2, -0.15) is 0 Å². The molecule has 0 amide bonds. The summed E-state index contributed by atoms with van der Waals surface area (Å²) in [4.78, 5) is 5.57. The first kappa shape index (κ1) is 11.9. The quantitative estimate of drug-likeness (QED) is 0.846. The molecule has 0 fully saturated rings. The summed E-state index contributed by atoms with van der Waals surface area (Å²) in [5.74, 6) is 0. The highest BCUT2D eigenvalue weighted by atomic mass is 35.5. The van der Waals surface area contributed by atoms with Crippen molar-refractivity contribution in [2.75, 3.05) is 25.6 Å². The van der Waals surface area contributed by atoms with Gasteiger partial charge in [-0.1, -0.05) is 11.6 Å². The van der Waals surface area contributed by atoms with Crippen molar-refractivity contribution in [2.45, 2.75) is 0 Å². The maximum Gasteiger partial charge on any atom is 0.183 e. The molecule has 0 aliphatic heterocycles. The number of hydrogen-bond acceptors (Lipinski definition) is 5. The zero-order valence-corrected chi connectivity index (χ0v) is 11.1. The first-order valence-electron chi connectivity index (χ1n) is 4.73. The molecule has 0 saturated carbocycles. The van der Waals surface area contributed by atoms with Gasteiger partial charge >= 0.3 is 0 Å². The molecule has 0 aromatic carbocycles. The third-order valence-electron chi connectivity index (χ3n) is 1.91. The van der Waals surface area contributed by atoms with Gasteiger partial charge < -0.3 is 10.1 Å². The van der Waals surface area contributed by atoms with E-state index in [2.05, 4.69) is 10.3 Å². The van der Waals surface area contributed by atoms with E-state index >= 15 is 0 Å². The van der Waals surface area contributed by atoms with Crippen molar-refractivity contribution < 1.29 is 4.74 Å². The number of rotatable bonds is 5. The van der Waals surface area contributed by atoms with Gasteiger partial charge in [0.05, 0.1) is 21.5 Å². The van der Waals surface area contributed by atoms with Crippen LogP contribution in [-0.4, -0.2) is 25.2 Å². The van der Waals surface area contributed by atoms with Crippen molar-refractivity contribution in [3.8, 4) is 10.6 Å². The van der Waals surface area contributed by atoms with Gasteiger partial charge in [-0.3, -0.25) is 0 Å². The average Bonchev–Trinajstić information content (AvgIpc) is 2.87. The fourth-order valence-electron chi connectivity index (χ4n) is 1.18. The van der Waals surface area contributed by atoms with Crippen molar-refractivity contribution in [1.29, 1.82) is 0 Å². The summed E-state index contributed by atoms with van der Waals surface area (Å²) >= 11 is 9.01. The largest absolute Gasteiger partial charge is 0.383 e. The number of thiazole rings is 1. The van der Waals surface area contributed by atoms with Crippen molar-refractivity contribution in [2.24, 2.45) is 0 Å². The number of nitrogens with one attached hydrogen (secondary N) is 1. The summed E-state index contributed by atoms with van der Waals surface area (Å²) < 4.78 is 5.75. The van der Waals surface area contributed by atoms with Crippen molar-refractivity contribution in [1.82, 2.24) is 4.98 Å². The van der Waals surface area contributed by atoms with Gasteiger partial charge in [0.1, 0.15) is 0 Å². The van der Waals surface area contributed by atoms with Crippen molar-refractivity contribution in [3.05, 3.63) is 21.8 Å². The fourth-order valence-corrected chi connectivity index (χ4v) is 3.00. The fraction of sp³-hybridized carbons (Fsp3) is 0.300. The Kier molecular flexibility index (Phi) is 4.17. The minimum atomic E-state index is 0.680. The van der Waals surface area contributed by atoms with E-state index in [-0.39, 0.29) is 0 Å². The second-order valence-electron chi connectivity index (χ2n) is 3.06. The van der Waals surface area contributed by atoms with Gasteiger partial charge in [0.15, 0.2) is 5.13 Å². The summed E-state index contributed by atoms with van der Waals surface area (Å²) in [6, 6.07) is 3.87. The number of methoxy groups -OCH3 is 1. The van der Waals surface area contributed by atoms with E-state index in [4.69, 9.17) is 16.3 Å². The van der Waals surface area contributed by atoms with Gasteiger partial charge in [0.25, 0.3) is 0 Å². The molecule has 0 unspecified atom stereocenters. The SMILES string of the molecule is COCCNc1nc(-c2ccc(Cl)s2)cs1. The highest BCUT2D eigenvalue weighted by molar-refractivity contribution is 7.20. The molecule has 2 heterocycles. The molecule has 0 bridgehead atoms. The van der Waals surface area contributed by atoms with Crippen molar-refractivity contribution in [3.63, 3.8) is 0 Å². The molecule has 3 nitrogen and oxygen atoms in total. The van der Waals surface area contributed by atoms with E-state index in [1.807, 2.05) is 17.5 Å². The predicted molar refractivity (Wildman–Crippen MR) is 70.8 cm³/mol. The van der Waals surface area contributed by atoms with Crippen LogP contribution in [-0.2, 0) is 4.74 Å². The first-order chi connectivity index (χ1) is 7.79. The van der Waals surface area contributed by atoms with Crippen LogP contribution in [0.4, 0.5) is 5.13 Å². The van der Waals surface area contributed by atoms with E-state index < -0.39 is 0 Å². The number of anilines is 1. The maximum absolute atomic E-state index is 5.88. The normalized spacial score (nSPS) is 10.6. The molecule has 2 aromatic rings. The lowest BCUT2D eigenvalue weighted by atomic mass is 10.4. The van der Waals surface area contributed by atoms with E-state index in [0.29, 0.717) is 6.61 Å². The number of thiophene rings is 1. The Morgan fingerprint density at radius 2 is 2.38 bits per heavy atom. The smallest absolute Gasteiger partial charge is 0.183 e. The van der Waals surface area contributed by atoms with Gasteiger partial charge in [-0.05, 0) is 12.1 Å². The number of nitrogens with zero attached hydrogens (tertiary/aromatic N) is 1. The molecular weight excluding hydrogens is 264 g/mol. The molecule has 2 rings (SSSR count). The van der Waals surface area contributed by atoms with Gasteiger partial charge in [-0.15, -0.1) is 22.7 Å². The van der Waals surface area contributed by atoms with Gasteiger partial charge in [-0.25, -0.2) is 4.98 Å². The van der Waals surface area contributed by atoms with E-state index in [0.717, 1.165) is 26.6 Å². The summed E-state index contributed by atoms with van der Waals surface area (Å²) in [7, 11) is 1.68. The summed E-state index contributed by atoms with van der Waals surface area (Å²) in [5, 5.41) is 6.14. The Balaban J connectivity index is 2.02. The summed E-state index contributed by atoms with van der Waals surface area (Å²) in [6.07, 6.45) is 0. The maximum atomic E-state index is 5.88. The lowest BCUT2D eigenvalue weighted by molar-refractivity contribution is 0.211. The van der Waals surface area contributed by atoms with Crippen LogP contribution in [0.1, 0.15) is 0 Å². The second-order valence-corrected chi connectivity index (χ2v) is 5.63. The number of hydrogen-bond donors (Lipinski definition) is 1. The third-order valence-corrected chi connectivity index (χ3v) is 3.97. The second kappa shape index (κ2) is 5.63. The molecule has 2 aromatic heterocycles. The Labute approximate surface area is 107 Å². The summed E-state index contributed by atoms with van der Waals surface area (Å²) in [5.41, 5.74) is 0.974. The van der Waals surface area contributed by atoms with Gasteiger partial charge in [0, 0.05) is 19.0 Å². The number of aromatic nitrogens is 1. The minimum absolute atomic E-state index is 0.680. The lowest BCUT2D eigenvalue weighted by Crippen LogP contribution is -2.06. The van der Waals surface area contributed by atoms with Crippen LogP contribution in [0.15, 0.2) is 17.5 Å². The minimum Gasteiger partial charge on any atom is -0.383 e. The zero-order valence-electron chi connectivity index (χ0n) is 8.70. The Hall–Kier alpha value is -0.620. The van der Waals surface area contributed by atoms with E-state index in [1.54, 1.807) is 18.4 Å². The average molecular weight is 275 g/mol. The van der Waals surface area contributed by atoms with Crippen LogP contribution in [0, 0.1) is 0 Å². The Morgan fingerprint density at radius 1 is 1.50 bits per heavy atom.